The Morgan fingerprint density at radius 3 is 2.39 bits per heavy atom. The van der Waals surface area contributed by atoms with Crippen molar-refractivity contribution < 1.29 is 52.6 Å². The number of nitrogens with zero attached hydrogens (tertiary/aromatic N) is 2. The molecule has 1 aromatic rings. The van der Waals surface area contributed by atoms with Gasteiger partial charge < -0.3 is 20.8 Å². The van der Waals surface area contributed by atoms with E-state index < -0.39 is 31.6 Å². The van der Waals surface area contributed by atoms with Gasteiger partial charge in [-0.05, 0) is 36.5 Å². The molecule has 176 valence electrons. The molecule has 10 nitrogen and oxygen atoms in total. The summed E-state index contributed by atoms with van der Waals surface area (Å²) in [6.07, 6.45) is 4.97. The molecule has 4 N–H and O–H groups in total. The number of aliphatic hydroxyl groups is 1. The zero-order valence-electron chi connectivity index (χ0n) is 16.3. The van der Waals surface area contributed by atoms with Gasteiger partial charge in [0, 0.05) is 6.10 Å². The standard InChI is InChI=1S/C9H16NO4S.C9H8NO4S.Ni/c2*11-7-3-4-8(15(12,13)14)6-2-1-5-10-9(6)7;/h6-9,11H,1-5H2,(H,12,13,14);1-4,11H,5H2,(H,12,13,14);/q2*-1;+2. The van der Waals surface area contributed by atoms with Crippen molar-refractivity contribution in [3.05, 3.63) is 34.4 Å². The van der Waals surface area contributed by atoms with E-state index in [0.717, 1.165) is 18.9 Å². The Balaban J connectivity index is 0.000000213. The van der Waals surface area contributed by atoms with Crippen molar-refractivity contribution in [2.75, 3.05) is 13.1 Å². The number of rotatable bonds is 2. The van der Waals surface area contributed by atoms with Crippen LogP contribution in [0.2, 0.25) is 0 Å². The SMILES string of the molecule is O=S(=O)(O)C1CCC(O)C2[N-]CCCC21.O=S(=O)(O)c1ccc(O)c2c1C=CC[N-]2.[Ni+2]. The number of hydrogen-bond donors (Lipinski definition) is 4. The maximum Gasteiger partial charge on any atom is 2.00 e. The summed E-state index contributed by atoms with van der Waals surface area (Å²) in [5, 5.41) is 26.7. The maximum absolute atomic E-state index is 11.2. The molecule has 2 fully saturated rings. The molecule has 1 saturated carbocycles. The van der Waals surface area contributed by atoms with Gasteiger partial charge >= 0.3 is 16.5 Å². The molecule has 4 unspecified atom stereocenters. The van der Waals surface area contributed by atoms with E-state index in [1.165, 1.54) is 12.1 Å². The van der Waals surface area contributed by atoms with Gasteiger partial charge in [-0.25, -0.2) is 0 Å². The summed E-state index contributed by atoms with van der Waals surface area (Å²) >= 11 is 0. The van der Waals surface area contributed by atoms with Crippen molar-refractivity contribution >= 4 is 32.0 Å². The zero-order chi connectivity index (χ0) is 22.1. The average Bonchev–Trinajstić information content (AvgIpc) is 2.67. The Morgan fingerprint density at radius 2 is 1.74 bits per heavy atom. The molecule has 2 aliphatic heterocycles. The molecule has 4 rings (SSSR count). The van der Waals surface area contributed by atoms with Crippen LogP contribution in [0.3, 0.4) is 0 Å². The zero-order valence-corrected chi connectivity index (χ0v) is 18.9. The first-order valence-electron chi connectivity index (χ1n) is 9.48. The minimum atomic E-state index is -4.28. The first-order chi connectivity index (χ1) is 14.0. The van der Waals surface area contributed by atoms with Crippen LogP contribution in [0.25, 0.3) is 16.7 Å². The molecular weight excluding hydrogens is 495 g/mol. The average molecular weight is 519 g/mol. The van der Waals surface area contributed by atoms with Gasteiger partial charge in [0.2, 0.25) is 0 Å². The van der Waals surface area contributed by atoms with Gasteiger partial charge in [-0.3, -0.25) is 9.11 Å². The minimum absolute atomic E-state index is 0. The van der Waals surface area contributed by atoms with Gasteiger partial charge in [-0.2, -0.15) is 16.8 Å². The Kier molecular flexibility index (Phi) is 8.54. The molecule has 1 saturated heterocycles. The van der Waals surface area contributed by atoms with E-state index in [1.807, 2.05) is 0 Å². The topological polar surface area (TPSA) is 177 Å². The number of aromatic hydroxyl groups is 1. The summed E-state index contributed by atoms with van der Waals surface area (Å²) in [6.45, 7) is 1.08. The van der Waals surface area contributed by atoms with E-state index in [4.69, 9.17) is 9.11 Å². The fraction of sp³-hybridized carbons (Fsp3) is 0.556. The molecule has 2 heterocycles. The van der Waals surface area contributed by atoms with Crippen LogP contribution >= 0.6 is 0 Å². The Hall–Kier alpha value is -1.21. The van der Waals surface area contributed by atoms with Crippen molar-refractivity contribution in [2.45, 2.75) is 48.0 Å². The monoisotopic (exact) mass is 518 g/mol. The first kappa shape index (κ1) is 26.0. The molecule has 31 heavy (non-hydrogen) atoms. The van der Waals surface area contributed by atoms with Gasteiger partial charge in [0.05, 0.1) is 5.25 Å². The van der Waals surface area contributed by atoms with Crippen LogP contribution < -0.4 is 0 Å². The number of phenolic OH excluding ortho intramolecular Hbond substituents is 1. The first-order valence-corrected chi connectivity index (χ1v) is 12.4. The second kappa shape index (κ2) is 10.2. The second-order valence-electron chi connectivity index (χ2n) is 7.46. The molecule has 0 aromatic heterocycles. The Morgan fingerprint density at radius 1 is 1.03 bits per heavy atom. The molecule has 1 aromatic carbocycles. The van der Waals surface area contributed by atoms with Crippen molar-refractivity contribution in [2.24, 2.45) is 5.92 Å². The van der Waals surface area contributed by atoms with E-state index in [1.54, 1.807) is 6.08 Å². The van der Waals surface area contributed by atoms with E-state index in [2.05, 4.69) is 10.6 Å². The number of benzene rings is 1. The van der Waals surface area contributed by atoms with Crippen LogP contribution in [0, 0.1) is 5.92 Å². The normalized spacial score (nSPS) is 27.5. The minimum Gasteiger partial charge on any atom is -0.678 e. The van der Waals surface area contributed by atoms with Crippen molar-refractivity contribution in [1.82, 2.24) is 0 Å². The molecule has 1 aliphatic carbocycles. The fourth-order valence-corrected chi connectivity index (χ4v) is 6.08. The van der Waals surface area contributed by atoms with E-state index >= 15 is 0 Å². The fourth-order valence-electron chi connectivity index (χ4n) is 4.22. The van der Waals surface area contributed by atoms with E-state index in [0.29, 0.717) is 25.9 Å². The van der Waals surface area contributed by atoms with Gasteiger partial charge in [-0.1, -0.05) is 24.6 Å². The maximum atomic E-state index is 11.2. The molecule has 3 aliphatic rings. The Bertz CT molecular complexity index is 1030. The second-order valence-corrected chi connectivity index (χ2v) is 10.5. The third-order valence-electron chi connectivity index (χ3n) is 5.55. The van der Waals surface area contributed by atoms with Crippen LogP contribution in [0.15, 0.2) is 23.1 Å². The molecule has 0 bridgehead atoms. The number of hydrogen-bond acceptors (Lipinski definition) is 6. The van der Waals surface area contributed by atoms with Gasteiger partial charge in [-0.15, -0.1) is 25.2 Å². The third kappa shape index (κ3) is 5.98. The predicted octanol–water partition coefficient (Wildman–Crippen LogP) is 2.22. The molecule has 4 atom stereocenters. The largest absolute Gasteiger partial charge is 2.00 e. The molecule has 13 heteroatoms. The van der Waals surface area contributed by atoms with Crippen molar-refractivity contribution in [3.63, 3.8) is 0 Å². The smallest absolute Gasteiger partial charge is 0.678 e. The summed E-state index contributed by atoms with van der Waals surface area (Å²) in [7, 11) is -8.27. The van der Waals surface area contributed by atoms with Crippen LogP contribution in [0.4, 0.5) is 5.69 Å². The third-order valence-corrected chi connectivity index (χ3v) is 7.81. The summed E-state index contributed by atoms with van der Waals surface area (Å²) < 4.78 is 62.5. The number of aliphatic hydroxyl groups excluding tert-OH is 1. The van der Waals surface area contributed by atoms with E-state index in [-0.39, 0.29) is 50.3 Å². The summed E-state index contributed by atoms with van der Waals surface area (Å²) in [6, 6.07) is 2.05. The summed E-state index contributed by atoms with van der Waals surface area (Å²) in [5.74, 6) is -0.292. The quantitative estimate of drug-likeness (QED) is 0.340. The number of piperidine rings is 1. The van der Waals surface area contributed by atoms with Crippen molar-refractivity contribution in [1.29, 1.82) is 0 Å². The van der Waals surface area contributed by atoms with E-state index in [9.17, 15) is 27.0 Å². The van der Waals surface area contributed by atoms with Gasteiger partial charge in [0.25, 0.3) is 20.2 Å². The van der Waals surface area contributed by atoms with Gasteiger partial charge in [0.15, 0.2) is 0 Å². The van der Waals surface area contributed by atoms with Crippen LogP contribution in [0.5, 0.6) is 5.75 Å². The summed E-state index contributed by atoms with van der Waals surface area (Å²) in [5.41, 5.74) is 0.427. The molecule has 0 radical (unpaired) electrons. The molecule has 0 spiro atoms. The number of fused-ring (bicyclic) bond motifs is 2. The van der Waals surface area contributed by atoms with Gasteiger partial charge in [0.1, 0.15) is 10.6 Å². The predicted molar refractivity (Wildman–Crippen MR) is 110 cm³/mol. The van der Waals surface area contributed by atoms with Crippen LogP contribution in [0.1, 0.15) is 31.2 Å². The van der Waals surface area contributed by atoms with Crippen LogP contribution in [-0.2, 0) is 36.7 Å². The Labute approximate surface area is 191 Å². The van der Waals surface area contributed by atoms with Crippen molar-refractivity contribution in [3.8, 4) is 5.75 Å². The summed E-state index contributed by atoms with van der Waals surface area (Å²) in [4.78, 5) is -0.241. The molecule has 0 amide bonds. The van der Waals surface area contributed by atoms with Crippen LogP contribution in [-0.4, -0.2) is 66.6 Å². The molecular formula is C18H24N2NiO8S2. The number of phenols is 1.